The first-order valence-corrected chi connectivity index (χ1v) is 9.87. The van der Waals surface area contributed by atoms with Gasteiger partial charge < -0.3 is 19.7 Å². The van der Waals surface area contributed by atoms with E-state index in [2.05, 4.69) is 52.5 Å². The molecule has 0 spiro atoms. The van der Waals surface area contributed by atoms with E-state index in [1.54, 1.807) is 7.11 Å². The summed E-state index contributed by atoms with van der Waals surface area (Å²) in [6, 6.07) is 11.0. The third-order valence-corrected chi connectivity index (χ3v) is 5.18. The van der Waals surface area contributed by atoms with E-state index in [-0.39, 0.29) is 24.0 Å². The zero-order valence-corrected chi connectivity index (χ0v) is 19.4. The highest BCUT2D eigenvalue weighted by Crippen LogP contribution is 2.34. The van der Waals surface area contributed by atoms with E-state index >= 15 is 0 Å². The van der Waals surface area contributed by atoms with Crippen LogP contribution < -0.4 is 5.32 Å². The van der Waals surface area contributed by atoms with Crippen LogP contribution in [0.25, 0.3) is 0 Å². The van der Waals surface area contributed by atoms with Crippen LogP contribution in [0, 0.1) is 5.92 Å². The number of nitrogens with one attached hydrogen (secondary N) is 1. The molecule has 27 heavy (non-hydrogen) atoms. The average Bonchev–Trinajstić information content (AvgIpc) is 2.70. The molecule has 1 saturated heterocycles. The Labute approximate surface area is 181 Å². The lowest BCUT2D eigenvalue weighted by atomic mass is 9.79. The minimum Gasteiger partial charge on any atom is -0.382 e. The molecular formula is C21H36IN3O2. The van der Waals surface area contributed by atoms with E-state index in [4.69, 9.17) is 9.47 Å². The van der Waals surface area contributed by atoms with Gasteiger partial charge in [-0.3, -0.25) is 4.99 Å². The molecule has 1 aliphatic heterocycles. The normalized spacial score (nSPS) is 20.3. The van der Waals surface area contributed by atoms with Gasteiger partial charge in [-0.05, 0) is 30.2 Å². The summed E-state index contributed by atoms with van der Waals surface area (Å²) in [5.74, 6) is 2.35. The van der Waals surface area contributed by atoms with Crippen LogP contribution in [0.3, 0.4) is 0 Å². The molecule has 1 fully saturated rings. The molecule has 0 amide bonds. The van der Waals surface area contributed by atoms with Crippen molar-refractivity contribution in [3.05, 3.63) is 35.9 Å². The van der Waals surface area contributed by atoms with Gasteiger partial charge in [0, 0.05) is 40.4 Å². The summed E-state index contributed by atoms with van der Waals surface area (Å²) in [6.07, 6.45) is 3.35. The summed E-state index contributed by atoms with van der Waals surface area (Å²) in [6.45, 7) is 7.38. The SMILES string of the molecule is CCC1CN(C(=NC)NCCCOCCOC)CCC1c1ccccc1.I. The van der Waals surface area contributed by atoms with Gasteiger partial charge in [0.25, 0.3) is 0 Å². The van der Waals surface area contributed by atoms with E-state index in [0.29, 0.717) is 25.0 Å². The minimum atomic E-state index is 0. The quantitative estimate of drug-likeness (QED) is 0.249. The third-order valence-electron chi connectivity index (χ3n) is 5.18. The van der Waals surface area contributed by atoms with Gasteiger partial charge in [0.2, 0.25) is 0 Å². The first-order valence-electron chi connectivity index (χ1n) is 9.87. The van der Waals surface area contributed by atoms with Gasteiger partial charge in [0.15, 0.2) is 5.96 Å². The first-order chi connectivity index (χ1) is 12.8. The number of aliphatic imine (C=N–C) groups is 1. The molecule has 2 atom stereocenters. The van der Waals surface area contributed by atoms with Gasteiger partial charge >= 0.3 is 0 Å². The molecule has 1 aromatic rings. The van der Waals surface area contributed by atoms with E-state index in [9.17, 15) is 0 Å². The number of hydrogen-bond donors (Lipinski definition) is 1. The number of ether oxygens (including phenoxy) is 2. The molecule has 0 aromatic heterocycles. The largest absolute Gasteiger partial charge is 0.382 e. The van der Waals surface area contributed by atoms with E-state index < -0.39 is 0 Å². The van der Waals surface area contributed by atoms with Crippen LogP contribution in [0.2, 0.25) is 0 Å². The van der Waals surface area contributed by atoms with Crippen LogP contribution in [-0.4, -0.2) is 64.5 Å². The molecule has 0 bridgehead atoms. The van der Waals surface area contributed by atoms with Crippen LogP contribution in [-0.2, 0) is 9.47 Å². The van der Waals surface area contributed by atoms with Crippen LogP contribution in [0.4, 0.5) is 0 Å². The van der Waals surface area contributed by atoms with E-state index in [1.807, 2.05) is 7.05 Å². The molecule has 1 heterocycles. The number of halogens is 1. The van der Waals surface area contributed by atoms with Crippen molar-refractivity contribution in [3.63, 3.8) is 0 Å². The molecule has 1 aromatic carbocycles. The number of rotatable bonds is 9. The number of guanidine groups is 1. The van der Waals surface area contributed by atoms with Crippen molar-refractivity contribution >= 4 is 29.9 Å². The highest BCUT2D eigenvalue weighted by atomic mass is 127. The number of methoxy groups -OCH3 is 1. The maximum Gasteiger partial charge on any atom is 0.193 e. The Morgan fingerprint density at radius 2 is 2.00 bits per heavy atom. The lowest BCUT2D eigenvalue weighted by Gasteiger charge is -2.40. The fraction of sp³-hybridized carbons (Fsp3) is 0.667. The van der Waals surface area contributed by atoms with Gasteiger partial charge in [-0.1, -0.05) is 43.7 Å². The fourth-order valence-corrected chi connectivity index (χ4v) is 3.73. The molecule has 1 N–H and O–H groups in total. The van der Waals surface area contributed by atoms with Crippen molar-refractivity contribution in [2.75, 3.05) is 53.6 Å². The maximum atomic E-state index is 5.51. The second-order valence-electron chi connectivity index (χ2n) is 6.85. The third kappa shape index (κ3) is 7.95. The van der Waals surface area contributed by atoms with Crippen LogP contribution >= 0.6 is 24.0 Å². The summed E-state index contributed by atoms with van der Waals surface area (Å²) in [5.41, 5.74) is 1.48. The lowest BCUT2D eigenvalue weighted by molar-refractivity contribution is 0.0697. The standard InChI is InChI=1S/C21H35N3O2.HI/c1-4-18-17-24(13-11-20(18)19-9-6-5-7-10-19)21(22-2)23-12-8-14-26-16-15-25-3;/h5-7,9-10,18,20H,4,8,11-17H2,1-3H3,(H,22,23);1H. The van der Waals surface area contributed by atoms with E-state index in [0.717, 1.165) is 38.6 Å². The number of nitrogens with zero attached hydrogens (tertiary/aromatic N) is 2. The first kappa shape index (κ1) is 24.2. The fourth-order valence-electron chi connectivity index (χ4n) is 3.73. The summed E-state index contributed by atoms with van der Waals surface area (Å²) >= 11 is 0. The van der Waals surface area contributed by atoms with Crippen molar-refractivity contribution < 1.29 is 9.47 Å². The molecule has 6 heteroatoms. The smallest absolute Gasteiger partial charge is 0.193 e. The second kappa shape index (κ2) is 14.2. The lowest BCUT2D eigenvalue weighted by Crippen LogP contribution is -2.48. The van der Waals surface area contributed by atoms with Crippen molar-refractivity contribution in [1.82, 2.24) is 10.2 Å². The molecule has 1 aliphatic rings. The predicted molar refractivity (Wildman–Crippen MR) is 123 cm³/mol. The van der Waals surface area contributed by atoms with Crippen LogP contribution in [0.1, 0.15) is 37.7 Å². The molecule has 154 valence electrons. The zero-order chi connectivity index (χ0) is 18.6. The van der Waals surface area contributed by atoms with Gasteiger partial charge in [-0.25, -0.2) is 0 Å². The van der Waals surface area contributed by atoms with Gasteiger partial charge in [0.05, 0.1) is 13.2 Å². The number of benzene rings is 1. The topological polar surface area (TPSA) is 46.1 Å². The Bertz CT molecular complexity index is 527. The van der Waals surface area contributed by atoms with Gasteiger partial charge in [-0.15, -0.1) is 24.0 Å². The summed E-state index contributed by atoms with van der Waals surface area (Å²) in [7, 11) is 3.57. The van der Waals surface area contributed by atoms with Crippen molar-refractivity contribution in [3.8, 4) is 0 Å². The molecule has 0 saturated carbocycles. The van der Waals surface area contributed by atoms with Gasteiger partial charge in [-0.2, -0.15) is 0 Å². The Hall–Kier alpha value is -0.860. The van der Waals surface area contributed by atoms with Crippen molar-refractivity contribution in [1.29, 1.82) is 0 Å². The van der Waals surface area contributed by atoms with Crippen molar-refractivity contribution in [2.45, 2.75) is 32.1 Å². The molecule has 0 aliphatic carbocycles. The summed E-state index contributed by atoms with van der Waals surface area (Å²) in [4.78, 5) is 6.91. The highest BCUT2D eigenvalue weighted by molar-refractivity contribution is 14.0. The predicted octanol–water partition coefficient (Wildman–Crippen LogP) is 3.75. The molecular weight excluding hydrogens is 453 g/mol. The van der Waals surface area contributed by atoms with Crippen LogP contribution in [0.15, 0.2) is 35.3 Å². The Balaban J connectivity index is 0.00000364. The maximum absolute atomic E-state index is 5.51. The van der Waals surface area contributed by atoms with Gasteiger partial charge in [0.1, 0.15) is 0 Å². The highest BCUT2D eigenvalue weighted by Gasteiger charge is 2.30. The average molecular weight is 489 g/mol. The molecule has 2 rings (SSSR count). The summed E-state index contributed by atoms with van der Waals surface area (Å²) < 4.78 is 10.5. The Morgan fingerprint density at radius 3 is 2.67 bits per heavy atom. The minimum absolute atomic E-state index is 0. The monoisotopic (exact) mass is 489 g/mol. The zero-order valence-electron chi connectivity index (χ0n) is 17.0. The number of hydrogen-bond acceptors (Lipinski definition) is 3. The van der Waals surface area contributed by atoms with E-state index in [1.165, 1.54) is 18.4 Å². The van der Waals surface area contributed by atoms with Crippen molar-refractivity contribution in [2.24, 2.45) is 10.9 Å². The Kier molecular flexibility index (Phi) is 12.7. The second-order valence-corrected chi connectivity index (χ2v) is 6.85. The molecule has 5 nitrogen and oxygen atoms in total. The molecule has 0 radical (unpaired) electrons. The Morgan fingerprint density at radius 1 is 1.22 bits per heavy atom. The number of likely N-dealkylation sites (tertiary alicyclic amines) is 1. The van der Waals surface area contributed by atoms with Crippen LogP contribution in [0.5, 0.6) is 0 Å². The molecule has 2 unspecified atom stereocenters. The number of piperidine rings is 1. The summed E-state index contributed by atoms with van der Waals surface area (Å²) in [5, 5.41) is 3.49.